The van der Waals surface area contributed by atoms with Crippen LogP contribution in [0.4, 0.5) is 5.69 Å². The lowest BCUT2D eigenvalue weighted by Gasteiger charge is -2.20. The van der Waals surface area contributed by atoms with Gasteiger partial charge in [0.1, 0.15) is 0 Å². The van der Waals surface area contributed by atoms with Gasteiger partial charge in [-0.3, -0.25) is 9.59 Å². The minimum atomic E-state index is -0.261. The van der Waals surface area contributed by atoms with Crippen LogP contribution in [0.5, 0.6) is 0 Å². The van der Waals surface area contributed by atoms with Gasteiger partial charge < -0.3 is 16.4 Å². The van der Waals surface area contributed by atoms with Gasteiger partial charge in [-0.2, -0.15) is 0 Å². The average molecular weight is 342 g/mol. The fourth-order valence-corrected chi connectivity index (χ4v) is 1.92. The minimum absolute atomic E-state index is 0.0868. The third kappa shape index (κ3) is 5.61. The fraction of sp³-hybridized carbons (Fsp3) is 0.429. The van der Waals surface area contributed by atoms with Crippen LogP contribution in [0, 0.1) is 0 Å². The molecule has 2 amide bonds. The average Bonchev–Trinajstić information content (AvgIpc) is 2.30. The van der Waals surface area contributed by atoms with E-state index < -0.39 is 0 Å². The quantitative estimate of drug-likeness (QED) is 0.733. The summed E-state index contributed by atoms with van der Waals surface area (Å²) in [6.45, 7) is 6.03. The second-order valence-corrected chi connectivity index (χ2v) is 6.39. The van der Waals surface area contributed by atoms with Crippen LogP contribution in [-0.2, 0) is 4.79 Å². The summed E-state index contributed by atoms with van der Waals surface area (Å²) in [4.78, 5) is 23.5. The van der Waals surface area contributed by atoms with Crippen molar-refractivity contribution in [1.82, 2.24) is 10.6 Å². The molecule has 0 unspecified atom stereocenters. The van der Waals surface area contributed by atoms with Gasteiger partial charge in [-0.15, -0.1) is 0 Å². The molecule has 5 nitrogen and oxygen atoms in total. The van der Waals surface area contributed by atoms with E-state index in [0.717, 1.165) is 0 Å². The van der Waals surface area contributed by atoms with Crippen molar-refractivity contribution in [2.24, 2.45) is 0 Å². The molecule has 0 bridgehead atoms. The Morgan fingerprint density at radius 2 is 1.95 bits per heavy atom. The maximum atomic E-state index is 11.9. The number of nitrogen functional groups attached to an aromatic ring is 1. The molecule has 0 aliphatic heterocycles. The standard InChI is InChI=1S/C14H20BrN3O2/c1-14(2,3)18-12(19)6-7-17-13(20)9-4-5-11(16)10(15)8-9/h4-5,8H,6-7,16H2,1-3H3,(H,17,20)(H,18,19). The SMILES string of the molecule is CC(C)(C)NC(=O)CCNC(=O)c1ccc(N)c(Br)c1. The van der Waals surface area contributed by atoms with Crippen LogP contribution in [0.25, 0.3) is 0 Å². The number of anilines is 1. The van der Waals surface area contributed by atoms with Crippen molar-refractivity contribution in [3.63, 3.8) is 0 Å². The molecule has 1 aromatic carbocycles. The molecule has 0 saturated heterocycles. The molecule has 0 aliphatic rings. The van der Waals surface area contributed by atoms with Crippen LogP contribution in [0.3, 0.4) is 0 Å². The van der Waals surface area contributed by atoms with Crippen molar-refractivity contribution in [3.8, 4) is 0 Å². The number of hydrogen-bond donors (Lipinski definition) is 3. The molecule has 0 spiro atoms. The van der Waals surface area contributed by atoms with Gasteiger partial charge >= 0.3 is 0 Å². The zero-order valence-corrected chi connectivity index (χ0v) is 13.5. The van der Waals surface area contributed by atoms with Gasteiger partial charge in [-0.25, -0.2) is 0 Å². The molecular weight excluding hydrogens is 322 g/mol. The smallest absolute Gasteiger partial charge is 0.251 e. The number of nitrogens with two attached hydrogens (primary N) is 1. The number of carbonyl (C=O) groups excluding carboxylic acids is 2. The molecule has 1 rings (SSSR count). The summed E-state index contributed by atoms with van der Waals surface area (Å²) in [7, 11) is 0. The zero-order chi connectivity index (χ0) is 15.3. The molecule has 1 aromatic rings. The monoisotopic (exact) mass is 341 g/mol. The Kier molecular flexibility index (Phi) is 5.56. The van der Waals surface area contributed by atoms with Gasteiger partial charge in [0.15, 0.2) is 0 Å². The molecule has 6 heteroatoms. The molecule has 0 fully saturated rings. The molecular formula is C14H20BrN3O2. The molecule has 0 aliphatic carbocycles. The third-order valence-electron chi connectivity index (χ3n) is 2.41. The molecule has 0 atom stereocenters. The van der Waals surface area contributed by atoms with E-state index in [-0.39, 0.29) is 23.8 Å². The number of carbonyl (C=O) groups is 2. The van der Waals surface area contributed by atoms with Gasteiger partial charge in [0.2, 0.25) is 5.91 Å². The lowest BCUT2D eigenvalue weighted by molar-refractivity contribution is -0.122. The normalized spacial score (nSPS) is 11.0. The number of hydrogen-bond acceptors (Lipinski definition) is 3. The van der Waals surface area contributed by atoms with Gasteiger partial charge in [0.25, 0.3) is 5.91 Å². The molecule has 20 heavy (non-hydrogen) atoms. The molecule has 0 saturated carbocycles. The first-order chi connectivity index (χ1) is 9.19. The van der Waals surface area contributed by atoms with Crippen molar-refractivity contribution in [1.29, 1.82) is 0 Å². The Labute approximate surface area is 127 Å². The first kappa shape index (κ1) is 16.5. The van der Waals surface area contributed by atoms with Crippen LogP contribution >= 0.6 is 15.9 Å². The van der Waals surface area contributed by atoms with E-state index in [2.05, 4.69) is 26.6 Å². The van der Waals surface area contributed by atoms with Gasteiger partial charge in [-0.05, 0) is 54.9 Å². The van der Waals surface area contributed by atoms with Gasteiger partial charge in [-0.1, -0.05) is 0 Å². The Morgan fingerprint density at radius 3 is 2.50 bits per heavy atom. The van der Waals surface area contributed by atoms with Crippen LogP contribution in [0.15, 0.2) is 22.7 Å². The third-order valence-corrected chi connectivity index (χ3v) is 3.10. The number of amides is 2. The Morgan fingerprint density at radius 1 is 1.30 bits per heavy atom. The molecule has 0 aromatic heterocycles. The summed E-state index contributed by atoms with van der Waals surface area (Å²) in [6.07, 6.45) is 0.249. The highest BCUT2D eigenvalue weighted by molar-refractivity contribution is 9.10. The van der Waals surface area contributed by atoms with E-state index in [1.165, 1.54) is 0 Å². The maximum absolute atomic E-state index is 11.9. The van der Waals surface area contributed by atoms with Crippen molar-refractivity contribution in [3.05, 3.63) is 28.2 Å². The summed E-state index contributed by atoms with van der Waals surface area (Å²) in [5, 5.41) is 5.54. The second-order valence-electron chi connectivity index (χ2n) is 5.54. The fourth-order valence-electron chi connectivity index (χ4n) is 1.54. The number of halogens is 1. The molecule has 0 radical (unpaired) electrons. The van der Waals surface area contributed by atoms with E-state index in [1.807, 2.05) is 20.8 Å². The summed E-state index contributed by atoms with van der Waals surface area (Å²) in [5.41, 5.74) is 6.47. The predicted octanol–water partition coefficient (Wildman–Crippen LogP) is 2.07. The number of rotatable bonds is 4. The van der Waals surface area contributed by atoms with Gasteiger partial charge in [0.05, 0.1) is 0 Å². The van der Waals surface area contributed by atoms with E-state index in [9.17, 15) is 9.59 Å². The first-order valence-corrected chi connectivity index (χ1v) is 7.12. The van der Waals surface area contributed by atoms with Crippen LogP contribution in [-0.4, -0.2) is 23.9 Å². The van der Waals surface area contributed by atoms with Crippen molar-refractivity contribution in [2.45, 2.75) is 32.7 Å². The highest BCUT2D eigenvalue weighted by atomic mass is 79.9. The Hall–Kier alpha value is -1.56. The minimum Gasteiger partial charge on any atom is -0.398 e. The summed E-state index contributed by atoms with van der Waals surface area (Å²) in [6, 6.07) is 4.95. The summed E-state index contributed by atoms with van der Waals surface area (Å²) < 4.78 is 0.677. The highest BCUT2D eigenvalue weighted by Gasteiger charge is 2.14. The lowest BCUT2D eigenvalue weighted by atomic mass is 10.1. The van der Waals surface area contributed by atoms with Crippen LogP contribution in [0.1, 0.15) is 37.6 Å². The Bertz CT molecular complexity index is 510. The van der Waals surface area contributed by atoms with Gasteiger partial charge in [0, 0.05) is 34.2 Å². The molecule has 110 valence electrons. The highest BCUT2D eigenvalue weighted by Crippen LogP contribution is 2.20. The number of benzene rings is 1. The van der Waals surface area contributed by atoms with Crippen molar-refractivity contribution >= 4 is 33.4 Å². The van der Waals surface area contributed by atoms with E-state index in [1.54, 1.807) is 18.2 Å². The maximum Gasteiger partial charge on any atom is 0.251 e. The number of nitrogens with one attached hydrogen (secondary N) is 2. The zero-order valence-electron chi connectivity index (χ0n) is 11.9. The summed E-state index contributed by atoms with van der Waals surface area (Å²) in [5.74, 6) is -0.314. The Balaban J connectivity index is 2.44. The lowest BCUT2D eigenvalue weighted by Crippen LogP contribution is -2.41. The van der Waals surface area contributed by atoms with Crippen LogP contribution in [0.2, 0.25) is 0 Å². The summed E-state index contributed by atoms with van der Waals surface area (Å²) >= 11 is 3.27. The van der Waals surface area contributed by atoms with E-state index in [0.29, 0.717) is 22.3 Å². The first-order valence-electron chi connectivity index (χ1n) is 6.33. The van der Waals surface area contributed by atoms with E-state index >= 15 is 0 Å². The van der Waals surface area contributed by atoms with Crippen molar-refractivity contribution in [2.75, 3.05) is 12.3 Å². The van der Waals surface area contributed by atoms with E-state index in [4.69, 9.17) is 5.73 Å². The largest absolute Gasteiger partial charge is 0.398 e. The predicted molar refractivity (Wildman–Crippen MR) is 83.4 cm³/mol. The van der Waals surface area contributed by atoms with Crippen LogP contribution < -0.4 is 16.4 Å². The topological polar surface area (TPSA) is 84.2 Å². The molecule has 0 heterocycles. The molecule has 4 N–H and O–H groups in total. The second kappa shape index (κ2) is 6.74. The van der Waals surface area contributed by atoms with Crippen molar-refractivity contribution < 1.29 is 9.59 Å².